The van der Waals surface area contributed by atoms with Crippen molar-refractivity contribution in [2.24, 2.45) is 7.05 Å². The first-order chi connectivity index (χ1) is 15.5. The van der Waals surface area contributed by atoms with Crippen LogP contribution in [0.2, 0.25) is 0 Å². The third kappa shape index (κ3) is 3.86. The molecular formula is C21H26N10O. The Morgan fingerprint density at radius 1 is 0.969 bits per heavy atom. The fourth-order valence-corrected chi connectivity index (χ4v) is 4.18. The molecule has 0 saturated carbocycles. The Morgan fingerprint density at radius 3 is 2.53 bits per heavy atom. The predicted molar refractivity (Wildman–Crippen MR) is 120 cm³/mol. The molecule has 0 amide bonds. The highest BCUT2D eigenvalue weighted by molar-refractivity contribution is 5.86. The lowest BCUT2D eigenvalue weighted by molar-refractivity contribution is 0.242. The van der Waals surface area contributed by atoms with Crippen LogP contribution in [0, 0.1) is 13.8 Å². The molecule has 5 rings (SSSR count). The quantitative estimate of drug-likeness (QED) is 0.449. The molecule has 1 aliphatic heterocycles. The highest BCUT2D eigenvalue weighted by Crippen LogP contribution is 2.22. The van der Waals surface area contributed by atoms with Crippen molar-refractivity contribution in [2.75, 3.05) is 37.6 Å². The zero-order valence-corrected chi connectivity index (χ0v) is 18.5. The molecular weight excluding hydrogens is 408 g/mol. The van der Waals surface area contributed by atoms with Crippen LogP contribution >= 0.6 is 0 Å². The summed E-state index contributed by atoms with van der Waals surface area (Å²) in [5, 5.41) is 14.4. The summed E-state index contributed by atoms with van der Waals surface area (Å²) in [5.41, 5.74) is 2.53. The molecule has 0 bridgehead atoms. The van der Waals surface area contributed by atoms with Gasteiger partial charge >= 0.3 is 0 Å². The first-order valence-corrected chi connectivity index (χ1v) is 10.7. The number of aryl methyl sites for hydroxylation is 3. The van der Waals surface area contributed by atoms with Crippen molar-refractivity contribution in [3.63, 3.8) is 0 Å². The number of rotatable bonds is 5. The van der Waals surface area contributed by atoms with Crippen LogP contribution in [0.1, 0.15) is 11.4 Å². The van der Waals surface area contributed by atoms with Crippen LogP contribution in [-0.4, -0.2) is 76.9 Å². The summed E-state index contributed by atoms with van der Waals surface area (Å²) < 4.78 is 5.07. The molecule has 0 spiro atoms. The number of anilines is 1. The highest BCUT2D eigenvalue weighted by Gasteiger charge is 2.21. The molecule has 0 N–H and O–H groups in total. The SMILES string of the molecule is Cc1cc(C)n(-c2ccc(=O)n(CCN3CCN(c4ncnc5nn(C)cc45)CC3)n2)n1. The van der Waals surface area contributed by atoms with E-state index in [0.717, 1.165) is 55.3 Å². The summed E-state index contributed by atoms with van der Waals surface area (Å²) >= 11 is 0. The second-order valence-electron chi connectivity index (χ2n) is 8.16. The molecule has 4 aromatic heterocycles. The van der Waals surface area contributed by atoms with E-state index in [1.165, 1.54) is 4.68 Å². The maximum atomic E-state index is 12.4. The number of piperazine rings is 1. The molecule has 11 heteroatoms. The van der Waals surface area contributed by atoms with Gasteiger partial charge in [-0.15, -0.1) is 5.10 Å². The molecule has 0 aliphatic carbocycles. The Kier molecular flexibility index (Phi) is 5.17. The summed E-state index contributed by atoms with van der Waals surface area (Å²) in [6, 6.07) is 5.27. The van der Waals surface area contributed by atoms with Crippen molar-refractivity contribution in [3.8, 4) is 5.82 Å². The van der Waals surface area contributed by atoms with Crippen molar-refractivity contribution in [1.29, 1.82) is 0 Å². The zero-order valence-electron chi connectivity index (χ0n) is 18.5. The summed E-state index contributed by atoms with van der Waals surface area (Å²) in [7, 11) is 1.89. The Hall–Kier alpha value is -3.60. The van der Waals surface area contributed by atoms with Gasteiger partial charge in [0.15, 0.2) is 11.5 Å². The van der Waals surface area contributed by atoms with E-state index >= 15 is 0 Å². The molecule has 4 aromatic rings. The lowest BCUT2D eigenvalue weighted by Crippen LogP contribution is -2.48. The van der Waals surface area contributed by atoms with E-state index in [0.29, 0.717) is 18.0 Å². The zero-order chi connectivity index (χ0) is 22.2. The van der Waals surface area contributed by atoms with Gasteiger partial charge in [-0.25, -0.2) is 19.3 Å². The Bertz CT molecular complexity index is 1310. The minimum Gasteiger partial charge on any atom is -0.353 e. The van der Waals surface area contributed by atoms with Crippen LogP contribution in [0.3, 0.4) is 0 Å². The van der Waals surface area contributed by atoms with Crippen LogP contribution in [-0.2, 0) is 13.6 Å². The third-order valence-corrected chi connectivity index (χ3v) is 5.79. The van der Waals surface area contributed by atoms with E-state index in [1.807, 2.05) is 33.2 Å². The molecule has 0 aromatic carbocycles. The normalized spacial score (nSPS) is 15.0. The molecule has 5 heterocycles. The largest absolute Gasteiger partial charge is 0.353 e. The molecule has 1 aliphatic rings. The van der Waals surface area contributed by atoms with Crippen molar-refractivity contribution >= 4 is 16.9 Å². The van der Waals surface area contributed by atoms with Gasteiger partial charge in [0, 0.05) is 57.7 Å². The Balaban J connectivity index is 1.24. The van der Waals surface area contributed by atoms with Gasteiger partial charge in [-0.05, 0) is 26.0 Å². The topological polar surface area (TPSA) is 103 Å². The summed E-state index contributed by atoms with van der Waals surface area (Å²) in [6.07, 6.45) is 3.54. The Morgan fingerprint density at radius 2 is 1.78 bits per heavy atom. The molecule has 0 unspecified atom stereocenters. The van der Waals surface area contributed by atoms with Gasteiger partial charge in [-0.1, -0.05) is 0 Å². The van der Waals surface area contributed by atoms with Gasteiger partial charge in [0.05, 0.1) is 17.6 Å². The van der Waals surface area contributed by atoms with Gasteiger partial charge < -0.3 is 4.90 Å². The second kappa shape index (κ2) is 8.15. The van der Waals surface area contributed by atoms with Gasteiger partial charge in [-0.3, -0.25) is 14.4 Å². The highest BCUT2D eigenvalue weighted by atomic mass is 16.1. The van der Waals surface area contributed by atoms with Gasteiger partial charge in [0.25, 0.3) is 5.56 Å². The van der Waals surface area contributed by atoms with Crippen LogP contribution in [0.15, 0.2) is 35.5 Å². The van der Waals surface area contributed by atoms with Crippen LogP contribution in [0.4, 0.5) is 5.82 Å². The monoisotopic (exact) mass is 434 g/mol. The van der Waals surface area contributed by atoms with E-state index in [1.54, 1.807) is 27.8 Å². The second-order valence-corrected chi connectivity index (χ2v) is 8.16. The molecule has 32 heavy (non-hydrogen) atoms. The molecule has 0 atom stereocenters. The maximum absolute atomic E-state index is 12.4. The average Bonchev–Trinajstić information content (AvgIpc) is 3.33. The van der Waals surface area contributed by atoms with Gasteiger partial charge in [0.2, 0.25) is 0 Å². The molecule has 1 fully saturated rings. The smallest absolute Gasteiger partial charge is 0.266 e. The van der Waals surface area contributed by atoms with Crippen LogP contribution < -0.4 is 10.5 Å². The van der Waals surface area contributed by atoms with Crippen LogP contribution in [0.25, 0.3) is 16.9 Å². The number of nitrogens with zero attached hydrogens (tertiary/aromatic N) is 10. The molecule has 0 radical (unpaired) electrons. The van der Waals surface area contributed by atoms with Crippen LogP contribution in [0.5, 0.6) is 0 Å². The van der Waals surface area contributed by atoms with E-state index in [2.05, 4.69) is 35.1 Å². The molecule has 166 valence electrons. The van der Waals surface area contributed by atoms with E-state index in [-0.39, 0.29) is 5.56 Å². The predicted octanol–water partition coefficient (Wildman–Crippen LogP) is 0.545. The Labute approximate surface area is 184 Å². The van der Waals surface area contributed by atoms with Crippen molar-refractivity contribution in [3.05, 3.63) is 52.5 Å². The van der Waals surface area contributed by atoms with Gasteiger partial charge in [-0.2, -0.15) is 10.2 Å². The van der Waals surface area contributed by atoms with Crippen molar-refractivity contribution in [2.45, 2.75) is 20.4 Å². The minimum absolute atomic E-state index is 0.103. The number of hydrogen-bond acceptors (Lipinski definition) is 8. The number of fused-ring (bicyclic) bond motifs is 1. The lowest BCUT2D eigenvalue weighted by atomic mass is 10.2. The fraction of sp³-hybridized carbons (Fsp3) is 0.429. The minimum atomic E-state index is -0.103. The first-order valence-electron chi connectivity index (χ1n) is 10.7. The van der Waals surface area contributed by atoms with E-state index in [4.69, 9.17) is 0 Å². The number of aromatic nitrogens is 8. The summed E-state index contributed by atoms with van der Waals surface area (Å²) in [6.45, 7) is 8.70. The molecule has 11 nitrogen and oxygen atoms in total. The van der Waals surface area contributed by atoms with Crippen molar-refractivity contribution in [1.82, 2.24) is 44.2 Å². The number of hydrogen-bond donors (Lipinski definition) is 0. The van der Waals surface area contributed by atoms with Crippen molar-refractivity contribution < 1.29 is 0 Å². The van der Waals surface area contributed by atoms with E-state index < -0.39 is 0 Å². The summed E-state index contributed by atoms with van der Waals surface area (Å²) in [5.74, 6) is 1.59. The third-order valence-electron chi connectivity index (χ3n) is 5.79. The fourth-order valence-electron chi connectivity index (χ4n) is 4.18. The van der Waals surface area contributed by atoms with Gasteiger partial charge in [0.1, 0.15) is 12.1 Å². The summed E-state index contributed by atoms with van der Waals surface area (Å²) in [4.78, 5) is 25.7. The average molecular weight is 435 g/mol. The van der Waals surface area contributed by atoms with E-state index in [9.17, 15) is 4.79 Å². The first kappa shape index (κ1) is 20.3. The molecule has 1 saturated heterocycles. The standard InChI is InChI=1S/C21H26N10O/c1-15-12-16(2)31(24-15)18-4-5-19(32)30(25-18)11-8-28-6-9-29(10-7-28)21-17-13-27(3)26-20(17)22-14-23-21/h4-5,12-14H,6-11H2,1-3H3. The maximum Gasteiger partial charge on any atom is 0.266 e. The lowest BCUT2D eigenvalue weighted by Gasteiger charge is -2.35.